The van der Waals surface area contributed by atoms with E-state index in [1.165, 1.54) is 18.3 Å². The van der Waals surface area contributed by atoms with Crippen LogP contribution in [0.25, 0.3) is 5.69 Å². The van der Waals surface area contributed by atoms with Gasteiger partial charge in [-0.2, -0.15) is 5.10 Å². The molecule has 0 saturated carbocycles. The van der Waals surface area contributed by atoms with Crippen LogP contribution >= 0.6 is 11.6 Å². The molecular formula is C22H22ClFN4O3S. The maximum Gasteiger partial charge on any atom is 0.260 e. The summed E-state index contributed by atoms with van der Waals surface area (Å²) in [6.45, 7) is 3.36. The van der Waals surface area contributed by atoms with Gasteiger partial charge in [0.15, 0.2) is 0 Å². The van der Waals surface area contributed by atoms with E-state index in [0.29, 0.717) is 5.02 Å². The number of halogens is 2. The number of hydrogen-bond donors (Lipinski definition) is 1. The van der Waals surface area contributed by atoms with Gasteiger partial charge in [0, 0.05) is 27.7 Å². The fourth-order valence-corrected chi connectivity index (χ4v) is 4.32. The molecule has 0 aliphatic carbocycles. The predicted octanol–water partition coefficient (Wildman–Crippen LogP) is 3.80. The van der Waals surface area contributed by atoms with Crippen LogP contribution in [0.3, 0.4) is 0 Å². The van der Waals surface area contributed by atoms with Gasteiger partial charge in [-0.25, -0.2) is 18.2 Å². The van der Waals surface area contributed by atoms with Crippen molar-refractivity contribution in [2.75, 3.05) is 17.1 Å². The Hall–Kier alpha value is -3.17. The lowest BCUT2D eigenvalue weighted by molar-refractivity contribution is -0.119. The zero-order valence-corrected chi connectivity index (χ0v) is 19.3. The Balaban J connectivity index is 1.73. The summed E-state index contributed by atoms with van der Waals surface area (Å²) in [5.41, 5.74) is 6.05. The Bertz CT molecular complexity index is 1270. The van der Waals surface area contributed by atoms with E-state index in [9.17, 15) is 17.6 Å². The van der Waals surface area contributed by atoms with Gasteiger partial charge in [0.1, 0.15) is 12.4 Å². The third-order valence-corrected chi connectivity index (χ3v) is 6.11. The average molecular weight is 477 g/mol. The number of benzene rings is 2. The molecule has 32 heavy (non-hydrogen) atoms. The first-order chi connectivity index (χ1) is 15.1. The minimum Gasteiger partial charge on any atom is -0.318 e. The summed E-state index contributed by atoms with van der Waals surface area (Å²) in [4.78, 5) is 12.3. The fourth-order valence-electron chi connectivity index (χ4n) is 3.28. The topological polar surface area (TPSA) is 83.8 Å². The van der Waals surface area contributed by atoms with Crippen molar-refractivity contribution >= 4 is 39.4 Å². The van der Waals surface area contributed by atoms with Crippen LogP contribution in [-0.4, -0.2) is 37.9 Å². The molecule has 0 aliphatic heterocycles. The van der Waals surface area contributed by atoms with E-state index < -0.39 is 28.3 Å². The van der Waals surface area contributed by atoms with Crippen molar-refractivity contribution in [2.24, 2.45) is 5.10 Å². The maximum absolute atomic E-state index is 13.2. The molecule has 1 N–H and O–H groups in total. The molecule has 0 radical (unpaired) electrons. The fraction of sp³-hybridized carbons (Fsp3) is 0.182. The summed E-state index contributed by atoms with van der Waals surface area (Å²) < 4.78 is 40.2. The monoisotopic (exact) mass is 476 g/mol. The van der Waals surface area contributed by atoms with Gasteiger partial charge in [-0.05, 0) is 62.4 Å². The second-order valence-electron chi connectivity index (χ2n) is 7.18. The number of aryl methyl sites for hydroxylation is 1. The Morgan fingerprint density at radius 1 is 1.19 bits per heavy atom. The summed E-state index contributed by atoms with van der Waals surface area (Å²) in [5, 5.41) is 4.59. The lowest BCUT2D eigenvalue weighted by Crippen LogP contribution is -2.39. The number of hydrazone groups is 1. The molecule has 0 saturated heterocycles. The van der Waals surface area contributed by atoms with Crippen molar-refractivity contribution in [3.63, 3.8) is 0 Å². The van der Waals surface area contributed by atoms with E-state index in [2.05, 4.69) is 10.5 Å². The first-order valence-electron chi connectivity index (χ1n) is 9.56. The molecule has 3 aromatic rings. The molecule has 0 spiro atoms. The van der Waals surface area contributed by atoms with Gasteiger partial charge in [-0.3, -0.25) is 9.10 Å². The second kappa shape index (κ2) is 9.54. The summed E-state index contributed by atoms with van der Waals surface area (Å²) >= 11 is 6.10. The number of nitrogens with one attached hydrogen (secondary N) is 1. The van der Waals surface area contributed by atoms with Gasteiger partial charge in [0.2, 0.25) is 10.0 Å². The highest BCUT2D eigenvalue weighted by molar-refractivity contribution is 7.92. The molecule has 0 fully saturated rings. The van der Waals surface area contributed by atoms with Crippen LogP contribution < -0.4 is 9.73 Å². The Morgan fingerprint density at radius 2 is 1.88 bits per heavy atom. The number of carbonyl (C=O) groups is 1. The largest absolute Gasteiger partial charge is 0.318 e. The van der Waals surface area contributed by atoms with Gasteiger partial charge in [0.05, 0.1) is 18.2 Å². The van der Waals surface area contributed by atoms with Crippen molar-refractivity contribution in [2.45, 2.75) is 13.8 Å². The van der Waals surface area contributed by atoms with Crippen LogP contribution in [0.15, 0.2) is 59.7 Å². The van der Waals surface area contributed by atoms with E-state index in [4.69, 9.17) is 11.6 Å². The van der Waals surface area contributed by atoms with E-state index >= 15 is 0 Å². The highest BCUT2D eigenvalue weighted by Gasteiger charge is 2.20. The van der Waals surface area contributed by atoms with Crippen LogP contribution in [0, 0.1) is 19.7 Å². The highest BCUT2D eigenvalue weighted by Crippen LogP contribution is 2.22. The molecule has 1 amide bonds. The molecule has 1 aromatic heterocycles. The van der Waals surface area contributed by atoms with Crippen LogP contribution in [0.4, 0.5) is 10.1 Å². The van der Waals surface area contributed by atoms with Crippen LogP contribution in [0.5, 0.6) is 0 Å². The maximum atomic E-state index is 13.2. The summed E-state index contributed by atoms with van der Waals surface area (Å²) in [6.07, 6.45) is 2.46. The number of nitrogens with zero attached hydrogens (tertiary/aromatic N) is 3. The number of hydrogen-bond acceptors (Lipinski definition) is 4. The van der Waals surface area contributed by atoms with Crippen molar-refractivity contribution in [1.82, 2.24) is 9.99 Å². The molecule has 2 aromatic carbocycles. The van der Waals surface area contributed by atoms with Crippen LogP contribution in [0.2, 0.25) is 5.02 Å². The molecule has 3 rings (SSSR count). The molecule has 0 atom stereocenters. The van der Waals surface area contributed by atoms with Gasteiger partial charge in [0.25, 0.3) is 5.91 Å². The smallest absolute Gasteiger partial charge is 0.260 e. The summed E-state index contributed by atoms with van der Waals surface area (Å²) in [6, 6.07) is 14.2. The van der Waals surface area contributed by atoms with Gasteiger partial charge < -0.3 is 4.57 Å². The molecule has 1 heterocycles. The normalized spacial score (nSPS) is 11.7. The molecule has 168 valence electrons. The SMILES string of the molecule is Cc1cc(/C=N\NC(=O)CN(c2ccc(F)cc2)S(C)(=O)=O)c(C)n1-c1cccc(Cl)c1. The molecule has 7 nitrogen and oxygen atoms in total. The van der Waals surface area contributed by atoms with Crippen molar-refractivity contribution in [3.8, 4) is 5.69 Å². The molecule has 10 heteroatoms. The third-order valence-electron chi connectivity index (χ3n) is 4.73. The number of amides is 1. The summed E-state index contributed by atoms with van der Waals surface area (Å²) in [7, 11) is -3.76. The van der Waals surface area contributed by atoms with E-state index in [0.717, 1.165) is 45.3 Å². The zero-order chi connectivity index (χ0) is 23.5. The first kappa shape index (κ1) is 23.5. The second-order valence-corrected chi connectivity index (χ2v) is 9.52. The lowest BCUT2D eigenvalue weighted by atomic mass is 10.2. The third kappa shape index (κ3) is 5.54. The van der Waals surface area contributed by atoms with Crippen molar-refractivity contribution < 1.29 is 17.6 Å². The predicted molar refractivity (Wildman–Crippen MR) is 125 cm³/mol. The minimum absolute atomic E-state index is 0.179. The van der Waals surface area contributed by atoms with Crippen LogP contribution in [-0.2, 0) is 14.8 Å². The first-order valence-corrected chi connectivity index (χ1v) is 11.8. The minimum atomic E-state index is -3.76. The highest BCUT2D eigenvalue weighted by atomic mass is 35.5. The molecule has 0 bridgehead atoms. The molecule has 0 unspecified atom stereocenters. The number of anilines is 1. The number of carbonyl (C=O) groups excluding carboxylic acids is 1. The van der Waals surface area contributed by atoms with E-state index in [1.807, 2.05) is 42.7 Å². The summed E-state index contributed by atoms with van der Waals surface area (Å²) in [5.74, 6) is -1.15. The van der Waals surface area contributed by atoms with Crippen molar-refractivity contribution in [3.05, 3.63) is 82.4 Å². The van der Waals surface area contributed by atoms with E-state index in [1.54, 1.807) is 6.07 Å². The Labute approximate surface area is 191 Å². The van der Waals surface area contributed by atoms with E-state index in [-0.39, 0.29) is 5.69 Å². The number of rotatable bonds is 7. The molecular weight excluding hydrogens is 455 g/mol. The number of sulfonamides is 1. The van der Waals surface area contributed by atoms with Gasteiger partial charge >= 0.3 is 0 Å². The standard InChI is InChI=1S/C22H22ClFN4O3S/c1-15-11-17(16(2)28(15)21-6-4-5-18(23)12-21)13-25-26-22(29)14-27(32(3,30)31)20-9-7-19(24)8-10-20/h4-13H,14H2,1-3H3,(H,26,29)/b25-13-. The lowest BCUT2D eigenvalue weighted by Gasteiger charge is -2.21. The van der Waals surface area contributed by atoms with Gasteiger partial charge in [-0.1, -0.05) is 17.7 Å². The zero-order valence-electron chi connectivity index (χ0n) is 17.7. The average Bonchev–Trinajstić information content (AvgIpc) is 2.99. The van der Waals surface area contributed by atoms with Gasteiger partial charge in [-0.15, -0.1) is 0 Å². The van der Waals surface area contributed by atoms with Crippen molar-refractivity contribution in [1.29, 1.82) is 0 Å². The molecule has 0 aliphatic rings. The Kier molecular flexibility index (Phi) is 7.00. The quantitative estimate of drug-likeness (QED) is 0.416. The number of aromatic nitrogens is 1. The Morgan fingerprint density at radius 3 is 2.50 bits per heavy atom. The van der Waals surface area contributed by atoms with Crippen LogP contribution in [0.1, 0.15) is 17.0 Å².